The van der Waals surface area contributed by atoms with Crippen molar-refractivity contribution in [2.75, 3.05) is 9.80 Å². The highest BCUT2D eigenvalue weighted by Gasteiger charge is 2.41. The van der Waals surface area contributed by atoms with E-state index < -0.39 is 11.8 Å². The molecule has 6 heteroatoms. The van der Waals surface area contributed by atoms with E-state index in [1.165, 1.54) is 9.80 Å². The molecule has 6 rings (SSSR count). The zero-order valence-corrected chi connectivity index (χ0v) is 25.4. The van der Waals surface area contributed by atoms with Crippen LogP contribution in [0.1, 0.15) is 28.1 Å². The van der Waals surface area contributed by atoms with Gasteiger partial charge in [-0.15, -0.1) is 0 Å². The number of carbonyl (C=O) groups is 2. The van der Waals surface area contributed by atoms with Crippen LogP contribution in [-0.2, 0) is 9.59 Å². The summed E-state index contributed by atoms with van der Waals surface area (Å²) in [6.45, 7) is 8.04. The van der Waals surface area contributed by atoms with Gasteiger partial charge in [0, 0.05) is 17.1 Å². The summed E-state index contributed by atoms with van der Waals surface area (Å²) < 4.78 is 2.14. The van der Waals surface area contributed by atoms with Crippen molar-refractivity contribution >= 4 is 46.6 Å². The van der Waals surface area contributed by atoms with E-state index in [9.17, 15) is 9.59 Å². The van der Waals surface area contributed by atoms with Crippen molar-refractivity contribution in [3.05, 3.63) is 143 Å². The number of carbonyl (C=O) groups excluding carboxylic acids is 2. The van der Waals surface area contributed by atoms with E-state index >= 15 is 0 Å². The minimum absolute atomic E-state index is 0.0513. The number of hydrogen-bond acceptors (Lipinski definition) is 3. The van der Waals surface area contributed by atoms with Crippen LogP contribution in [0.25, 0.3) is 22.9 Å². The number of hydrogen-bond donors (Lipinski definition) is 0. The second-order valence-corrected chi connectivity index (χ2v) is 11.2. The number of para-hydroxylation sites is 1. The minimum atomic E-state index is -0.446. The average molecular weight is 582 g/mol. The van der Waals surface area contributed by atoms with Gasteiger partial charge in [-0.3, -0.25) is 19.4 Å². The molecule has 0 bridgehead atoms. The van der Waals surface area contributed by atoms with Crippen LogP contribution in [0, 0.1) is 27.7 Å². The molecule has 2 heterocycles. The normalized spacial score (nSPS) is 14.6. The Kier molecular flexibility index (Phi) is 7.38. The maximum atomic E-state index is 14.1. The molecular formula is C37H31N3O2S. The average Bonchev–Trinajstić information content (AvgIpc) is 3.30. The van der Waals surface area contributed by atoms with Crippen molar-refractivity contribution < 1.29 is 9.59 Å². The molecule has 1 aliphatic rings. The van der Waals surface area contributed by atoms with Gasteiger partial charge in [0.25, 0.3) is 11.8 Å². The zero-order chi connectivity index (χ0) is 30.2. The van der Waals surface area contributed by atoms with Crippen LogP contribution >= 0.6 is 12.2 Å². The third-order valence-electron chi connectivity index (χ3n) is 8.02. The summed E-state index contributed by atoms with van der Waals surface area (Å²) in [5.74, 6) is -0.888. The van der Waals surface area contributed by atoms with Gasteiger partial charge >= 0.3 is 0 Å². The van der Waals surface area contributed by atoms with Crippen molar-refractivity contribution in [1.82, 2.24) is 4.57 Å². The van der Waals surface area contributed by atoms with Gasteiger partial charge < -0.3 is 4.57 Å². The van der Waals surface area contributed by atoms with Crippen molar-refractivity contribution in [3.8, 4) is 16.8 Å². The predicted octanol–water partition coefficient (Wildman–Crippen LogP) is 8.13. The summed E-state index contributed by atoms with van der Waals surface area (Å²) >= 11 is 5.80. The fourth-order valence-corrected chi connectivity index (χ4v) is 5.92. The lowest BCUT2D eigenvalue weighted by Crippen LogP contribution is -2.57. The Morgan fingerprint density at radius 1 is 0.581 bits per heavy atom. The molecule has 0 saturated carbocycles. The van der Waals surface area contributed by atoms with Gasteiger partial charge in [0.2, 0.25) is 0 Å². The molecule has 1 aromatic heterocycles. The van der Waals surface area contributed by atoms with Crippen molar-refractivity contribution in [3.63, 3.8) is 0 Å². The van der Waals surface area contributed by atoms with Crippen molar-refractivity contribution in [1.29, 1.82) is 0 Å². The molecule has 2 amide bonds. The maximum absolute atomic E-state index is 14.1. The standard InChI is InChI=1S/C37H31N3O2S/c1-24-15-18-33(21-25(24)2)40-36(42)34(35(41)39(37(40)43)31-13-9-6-10-14-31)23-30-22-26(3)38(27(30)4)32-19-16-29(17-20-32)28-11-7-5-8-12-28/h5-23H,1-4H3/b34-23-. The first-order valence-corrected chi connectivity index (χ1v) is 14.6. The summed E-state index contributed by atoms with van der Waals surface area (Å²) in [6.07, 6.45) is 1.70. The van der Waals surface area contributed by atoms with Gasteiger partial charge in [0.1, 0.15) is 5.57 Å². The van der Waals surface area contributed by atoms with E-state index in [1.807, 2.05) is 100 Å². The second-order valence-electron chi connectivity index (χ2n) is 10.8. The molecule has 212 valence electrons. The number of aromatic nitrogens is 1. The molecule has 4 aromatic carbocycles. The first kappa shape index (κ1) is 28.1. The van der Waals surface area contributed by atoms with Crippen LogP contribution in [-0.4, -0.2) is 21.5 Å². The highest BCUT2D eigenvalue weighted by atomic mass is 32.1. The lowest BCUT2D eigenvalue weighted by atomic mass is 10.0. The van der Waals surface area contributed by atoms with Crippen molar-refractivity contribution in [2.24, 2.45) is 0 Å². The molecule has 0 unspecified atom stereocenters. The van der Waals surface area contributed by atoms with E-state index in [1.54, 1.807) is 6.08 Å². The molecule has 5 nitrogen and oxygen atoms in total. The summed E-state index contributed by atoms with van der Waals surface area (Å²) in [5, 5.41) is 0.130. The number of anilines is 2. The van der Waals surface area contributed by atoms with E-state index in [0.717, 1.165) is 44.9 Å². The molecule has 1 saturated heterocycles. The zero-order valence-electron chi connectivity index (χ0n) is 24.5. The van der Waals surface area contributed by atoms with E-state index in [2.05, 4.69) is 41.0 Å². The number of aryl methyl sites for hydroxylation is 3. The van der Waals surface area contributed by atoms with E-state index in [0.29, 0.717) is 11.4 Å². The quantitative estimate of drug-likeness (QED) is 0.120. The third kappa shape index (κ3) is 5.11. The van der Waals surface area contributed by atoms with Gasteiger partial charge in [0.15, 0.2) is 5.11 Å². The molecular weight excluding hydrogens is 550 g/mol. The number of amides is 2. The Balaban J connectivity index is 1.43. The Hall–Kier alpha value is -5.07. The monoisotopic (exact) mass is 581 g/mol. The molecule has 0 atom stereocenters. The minimum Gasteiger partial charge on any atom is -0.318 e. The van der Waals surface area contributed by atoms with Gasteiger partial charge in [-0.2, -0.15) is 0 Å². The van der Waals surface area contributed by atoms with Crippen molar-refractivity contribution in [2.45, 2.75) is 27.7 Å². The Labute approximate surface area is 257 Å². The molecule has 0 aliphatic carbocycles. The molecule has 5 aromatic rings. The lowest BCUT2D eigenvalue weighted by molar-refractivity contribution is -0.120. The topological polar surface area (TPSA) is 45.6 Å². The smallest absolute Gasteiger partial charge is 0.270 e. The van der Waals surface area contributed by atoms with E-state index in [-0.39, 0.29) is 10.7 Å². The fraction of sp³-hybridized carbons (Fsp3) is 0.108. The Bertz CT molecular complexity index is 1910. The number of nitrogens with zero attached hydrogens (tertiary/aromatic N) is 3. The summed E-state index contributed by atoms with van der Waals surface area (Å²) in [4.78, 5) is 31.0. The summed E-state index contributed by atoms with van der Waals surface area (Å²) in [5.41, 5.74) is 9.43. The van der Waals surface area contributed by atoms with Crippen LogP contribution in [0.4, 0.5) is 11.4 Å². The molecule has 0 N–H and O–H groups in total. The second kappa shape index (κ2) is 11.3. The van der Waals surface area contributed by atoms with Crippen LogP contribution in [0.15, 0.2) is 115 Å². The molecule has 0 spiro atoms. The molecule has 43 heavy (non-hydrogen) atoms. The summed E-state index contributed by atoms with van der Waals surface area (Å²) in [7, 11) is 0. The SMILES string of the molecule is Cc1ccc(N2C(=O)/C(=C\c3cc(C)n(-c4ccc(-c5ccccc5)cc4)c3C)C(=O)N(c3ccccc3)C2=S)cc1C. The number of thiocarbonyl (C=S) groups is 1. The summed E-state index contributed by atoms with van der Waals surface area (Å²) in [6, 6.07) is 35.6. The molecule has 1 fully saturated rings. The Morgan fingerprint density at radius 3 is 1.77 bits per heavy atom. The van der Waals surface area contributed by atoms with Gasteiger partial charge in [-0.1, -0.05) is 66.7 Å². The Morgan fingerprint density at radius 2 is 1.14 bits per heavy atom. The van der Waals surface area contributed by atoms with E-state index in [4.69, 9.17) is 12.2 Å². The first-order chi connectivity index (χ1) is 20.7. The highest BCUT2D eigenvalue weighted by molar-refractivity contribution is 7.81. The predicted molar refractivity (Wildman–Crippen MR) is 179 cm³/mol. The first-order valence-electron chi connectivity index (χ1n) is 14.2. The fourth-order valence-electron chi connectivity index (χ4n) is 5.55. The molecule has 0 radical (unpaired) electrons. The van der Waals surface area contributed by atoms with Crippen LogP contribution in [0.2, 0.25) is 0 Å². The van der Waals surface area contributed by atoms with Crippen LogP contribution in [0.3, 0.4) is 0 Å². The van der Waals surface area contributed by atoms with Crippen LogP contribution < -0.4 is 9.80 Å². The van der Waals surface area contributed by atoms with Gasteiger partial charge in [-0.05, 0) is 116 Å². The van der Waals surface area contributed by atoms with Crippen LogP contribution in [0.5, 0.6) is 0 Å². The van der Waals surface area contributed by atoms with Gasteiger partial charge in [-0.25, -0.2) is 0 Å². The number of benzene rings is 4. The third-order valence-corrected chi connectivity index (χ3v) is 8.38. The number of rotatable bonds is 5. The highest BCUT2D eigenvalue weighted by Crippen LogP contribution is 2.32. The maximum Gasteiger partial charge on any atom is 0.270 e. The lowest BCUT2D eigenvalue weighted by Gasteiger charge is -2.36. The van der Waals surface area contributed by atoms with Gasteiger partial charge in [0.05, 0.1) is 11.4 Å². The molecule has 1 aliphatic heterocycles. The largest absolute Gasteiger partial charge is 0.318 e.